The van der Waals surface area contributed by atoms with Gasteiger partial charge in [0.25, 0.3) is 0 Å². The molecule has 4 aromatic rings. The summed E-state index contributed by atoms with van der Waals surface area (Å²) >= 11 is 16.2. The molecule has 3 heterocycles. The van der Waals surface area contributed by atoms with Crippen molar-refractivity contribution < 1.29 is 0 Å². The molecule has 0 spiro atoms. The minimum atomic E-state index is 1.17. The molecule has 0 radical (unpaired) electrons. The Labute approximate surface area is 232 Å². The highest BCUT2D eigenvalue weighted by atomic mass is 79.9. The van der Waals surface area contributed by atoms with Crippen LogP contribution < -0.4 is 0 Å². The molecule has 0 aliphatic rings. The number of benzene rings is 1. The van der Waals surface area contributed by atoms with Crippen LogP contribution >= 0.6 is 81.8 Å². The van der Waals surface area contributed by atoms with E-state index in [1.54, 1.807) is 34.0 Å². The minimum Gasteiger partial charge on any atom is -0.140 e. The zero-order chi connectivity index (χ0) is 23.5. The Hall–Kier alpha value is -1.02. The molecule has 33 heavy (non-hydrogen) atoms. The number of hydrogen-bond donors (Lipinski definition) is 0. The van der Waals surface area contributed by atoms with Gasteiger partial charge in [0.05, 0.1) is 0 Å². The zero-order valence-corrected chi connectivity index (χ0v) is 25.5. The Bertz CT molecular complexity index is 1140. The van der Waals surface area contributed by atoms with E-state index in [4.69, 9.17) is 0 Å². The van der Waals surface area contributed by atoms with Crippen LogP contribution in [0.25, 0.3) is 36.5 Å². The molecule has 0 aliphatic carbocycles. The molecule has 1 aromatic carbocycles. The fourth-order valence-corrected chi connectivity index (χ4v) is 7.61. The van der Waals surface area contributed by atoms with Crippen molar-refractivity contribution >= 4 is 118 Å². The number of thiophene rings is 3. The van der Waals surface area contributed by atoms with Gasteiger partial charge in [0.15, 0.2) is 0 Å². The lowest BCUT2D eigenvalue weighted by Gasteiger charge is -2.02. The smallest absolute Gasteiger partial charge is 0.0317 e. The third kappa shape index (κ3) is 6.77. The normalized spacial score (nSPS) is 12.2. The molecular weight excluding hydrogens is 660 g/mol. The van der Waals surface area contributed by atoms with E-state index in [9.17, 15) is 0 Å². The topological polar surface area (TPSA) is 0 Å². The summed E-state index contributed by atoms with van der Waals surface area (Å²) in [7, 11) is 0. The Balaban J connectivity index is 1.66. The number of rotatable bonds is 6. The van der Waals surface area contributed by atoms with Crippen LogP contribution in [0.15, 0.2) is 49.8 Å². The summed E-state index contributed by atoms with van der Waals surface area (Å²) in [5, 5.41) is 0. The largest absolute Gasteiger partial charge is 0.140 e. The Morgan fingerprint density at radius 1 is 0.455 bits per heavy atom. The maximum atomic E-state index is 3.62. The van der Waals surface area contributed by atoms with E-state index < -0.39 is 0 Å². The molecule has 0 nitrogen and oxygen atoms in total. The van der Waals surface area contributed by atoms with E-state index in [-0.39, 0.29) is 0 Å². The van der Waals surface area contributed by atoms with Gasteiger partial charge in [-0.15, -0.1) is 34.0 Å². The molecular formula is C27H21Br3S3. The van der Waals surface area contributed by atoms with Gasteiger partial charge in [-0.3, -0.25) is 0 Å². The average Bonchev–Trinajstić information content (AvgIpc) is 3.40. The lowest BCUT2D eigenvalue weighted by molar-refractivity contribution is 1.58. The molecule has 0 N–H and O–H groups in total. The van der Waals surface area contributed by atoms with E-state index in [0.717, 1.165) is 0 Å². The molecule has 0 amide bonds. The Kier molecular flexibility index (Phi) is 8.47. The Morgan fingerprint density at radius 3 is 0.939 bits per heavy atom. The van der Waals surface area contributed by atoms with Crippen LogP contribution in [0.2, 0.25) is 0 Å². The first kappa shape index (κ1) is 25.1. The molecule has 0 atom stereocenters. The fraction of sp³-hybridized carbons (Fsp3) is 0.111. The van der Waals surface area contributed by atoms with E-state index in [1.165, 1.54) is 59.4 Å². The van der Waals surface area contributed by atoms with Crippen molar-refractivity contribution in [3.05, 3.63) is 95.8 Å². The van der Waals surface area contributed by atoms with E-state index >= 15 is 0 Å². The SMILES string of the molecule is Cc1sc(/C=C/c2cc(/C=C/c3cc(Br)c(C)s3)cc(/C=C/c3cc(Br)c(C)s3)c2)cc1Br. The van der Waals surface area contributed by atoms with Gasteiger partial charge in [-0.05, 0) is 140 Å². The van der Waals surface area contributed by atoms with Gasteiger partial charge < -0.3 is 0 Å². The van der Waals surface area contributed by atoms with Gasteiger partial charge in [0, 0.05) is 42.7 Å². The molecule has 0 unspecified atom stereocenters. The standard InChI is InChI=1S/C27H21Br3S3/c1-16-25(28)13-22(31-16)7-4-19-10-20(5-8-23-14-26(29)17(2)32-23)12-21(11-19)6-9-24-15-27(30)18(3)33-24/h4-15H,1-3H3/b7-4+,8-5+,9-6+. The second-order valence-electron chi connectivity index (χ2n) is 7.59. The van der Waals surface area contributed by atoms with Gasteiger partial charge in [0.1, 0.15) is 0 Å². The molecule has 3 aromatic heterocycles. The van der Waals surface area contributed by atoms with Crippen molar-refractivity contribution in [2.75, 3.05) is 0 Å². The first-order valence-electron chi connectivity index (χ1n) is 10.2. The summed E-state index contributed by atoms with van der Waals surface area (Å²) in [5.74, 6) is 0. The molecule has 168 valence electrons. The second-order valence-corrected chi connectivity index (χ2v) is 14.0. The van der Waals surface area contributed by atoms with E-state index in [1.807, 2.05) is 0 Å². The van der Waals surface area contributed by atoms with Gasteiger partial charge in [0.2, 0.25) is 0 Å². The minimum absolute atomic E-state index is 1.17. The van der Waals surface area contributed by atoms with Crippen molar-refractivity contribution in [3.8, 4) is 0 Å². The van der Waals surface area contributed by atoms with Crippen LogP contribution in [-0.4, -0.2) is 0 Å². The second kappa shape index (κ2) is 11.1. The molecule has 0 saturated carbocycles. The lowest BCUT2D eigenvalue weighted by Crippen LogP contribution is -1.81. The average molecular weight is 681 g/mol. The summed E-state index contributed by atoms with van der Waals surface area (Å²) in [4.78, 5) is 7.62. The molecule has 0 fully saturated rings. The van der Waals surface area contributed by atoms with Crippen LogP contribution in [0, 0.1) is 20.8 Å². The third-order valence-corrected chi connectivity index (χ3v) is 11.3. The zero-order valence-electron chi connectivity index (χ0n) is 18.3. The first-order valence-corrected chi connectivity index (χ1v) is 15.1. The number of halogens is 3. The predicted octanol–water partition coefficient (Wildman–Crippen LogP) is 11.6. The summed E-state index contributed by atoms with van der Waals surface area (Å²) in [5.41, 5.74) is 3.56. The number of hydrogen-bond acceptors (Lipinski definition) is 3. The summed E-state index contributed by atoms with van der Waals surface area (Å²) < 4.78 is 3.51. The number of aryl methyl sites for hydroxylation is 3. The third-order valence-electron chi connectivity index (χ3n) is 4.95. The van der Waals surface area contributed by atoms with Gasteiger partial charge >= 0.3 is 0 Å². The Morgan fingerprint density at radius 2 is 0.727 bits per heavy atom. The molecule has 0 saturated heterocycles. The maximum Gasteiger partial charge on any atom is 0.0317 e. The van der Waals surface area contributed by atoms with Crippen LogP contribution in [0.3, 0.4) is 0 Å². The summed E-state index contributed by atoms with van der Waals surface area (Å²) in [6, 6.07) is 13.2. The molecule has 0 bridgehead atoms. The van der Waals surface area contributed by atoms with Crippen molar-refractivity contribution in [2.45, 2.75) is 20.8 Å². The fourth-order valence-electron chi connectivity index (χ4n) is 3.22. The van der Waals surface area contributed by atoms with Crippen molar-refractivity contribution in [2.24, 2.45) is 0 Å². The maximum absolute atomic E-state index is 3.62. The van der Waals surface area contributed by atoms with Crippen LogP contribution in [0.4, 0.5) is 0 Å². The monoisotopic (exact) mass is 678 g/mol. The lowest BCUT2D eigenvalue weighted by atomic mass is 10.0. The van der Waals surface area contributed by atoms with Crippen molar-refractivity contribution in [1.29, 1.82) is 0 Å². The quantitative estimate of drug-likeness (QED) is 0.190. The highest BCUT2D eigenvalue weighted by molar-refractivity contribution is 9.11. The van der Waals surface area contributed by atoms with E-state index in [0.29, 0.717) is 0 Å². The summed E-state index contributed by atoms with van der Waals surface area (Å²) in [6.07, 6.45) is 13.2. The van der Waals surface area contributed by atoms with Gasteiger partial charge in [-0.2, -0.15) is 0 Å². The first-order chi connectivity index (χ1) is 15.8. The van der Waals surface area contributed by atoms with Crippen molar-refractivity contribution in [3.63, 3.8) is 0 Å². The van der Waals surface area contributed by atoms with Crippen LogP contribution in [-0.2, 0) is 0 Å². The van der Waals surface area contributed by atoms with Crippen molar-refractivity contribution in [1.82, 2.24) is 0 Å². The predicted molar refractivity (Wildman–Crippen MR) is 163 cm³/mol. The molecule has 0 aliphatic heterocycles. The van der Waals surface area contributed by atoms with Crippen LogP contribution in [0.1, 0.15) is 46.0 Å². The molecule has 4 rings (SSSR count). The molecule has 6 heteroatoms. The van der Waals surface area contributed by atoms with E-state index in [2.05, 4.69) is 141 Å². The van der Waals surface area contributed by atoms with Gasteiger partial charge in [-0.1, -0.05) is 18.2 Å². The van der Waals surface area contributed by atoms with Gasteiger partial charge in [-0.25, -0.2) is 0 Å². The summed E-state index contributed by atoms with van der Waals surface area (Å²) in [6.45, 7) is 6.40. The highest BCUT2D eigenvalue weighted by Gasteiger charge is 2.03. The van der Waals surface area contributed by atoms with Crippen LogP contribution in [0.5, 0.6) is 0 Å². The highest BCUT2D eigenvalue weighted by Crippen LogP contribution is 2.30.